The van der Waals surface area contributed by atoms with Crippen molar-refractivity contribution in [3.8, 4) is 5.75 Å². The fourth-order valence-corrected chi connectivity index (χ4v) is 3.72. The van der Waals surface area contributed by atoms with Crippen LogP contribution in [0.2, 0.25) is 0 Å². The first kappa shape index (κ1) is 21.1. The van der Waals surface area contributed by atoms with Crippen LogP contribution in [0.1, 0.15) is 27.7 Å². The number of benzene rings is 1. The van der Waals surface area contributed by atoms with E-state index in [0.717, 1.165) is 4.47 Å². The van der Waals surface area contributed by atoms with Crippen molar-refractivity contribution in [1.82, 2.24) is 0 Å². The van der Waals surface area contributed by atoms with Crippen LogP contribution in [-0.4, -0.2) is 33.4 Å². The van der Waals surface area contributed by atoms with Crippen LogP contribution in [0.3, 0.4) is 0 Å². The maximum atomic E-state index is 12.0. The highest BCUT2D eigenvalue weighted by Crippen LogP contribution is 2.35. The summed E-state index contributed by atoms with van der Waals surface area (Å²) in [5.74, 6) is -0.155. The predicted octanol–water partition coefficient (Wildman–Crippen LogP) is 3.29. The van der Waals surface area contributed by atoms with E-state index in [4.69, 9.17) is 17.8 Å². The quantitative estimate of drug-likeness (QED) is 0.614. The molecule has 2 rings (SSSR count). The van der Waals surface area contributed by atoms with Crippen LogP contribution in [0.5, 0.6) is 5.75 Å². The van der Waals surface area contributed by atoms with Gasteiger partial charge >= 0.3 is 16.4 Å². The zero-order valence-electron chi connectivity index (χ0n) is 15.0. The molecule has 3 unspecified atom stereocenters. The molecule has 0 radical (unpaired) electrons. The summed E-state index contributed by atoms with van der Waals surface area (Å²) in [6.45, 7) is 6.96. The summed E-state index contributed by atoms with van der Waals surface area (Å²) < 4.78 is 45.7. The molecule has 0 amide bonds. The molecule has 0 N–H and O–H groups in total. The summed E-state index contributed by atoms with van der Waals surface area (Å²) in [5, 5.41) is 0. The minimum absolute atomic E-state index is 0.0132. The number of hydrogen-bond donors (Lipinski definition) is 0. The van der Waals surface area contributed by atoms with Crippen molar-refractivity contribution in [2.75, 3.05) is 6.61 Å². The Kier molecular flexibility index (Phi) is 7.06. The third-order valence-electron chi connectivity index (χ3n) is 4.65. The fraction of sp³-hybridized carbons (Fsp3) is 0.588. The van der Waals surface area contributed by atoms with Gasteiger partial charge in [-0.1, -0.05) is 36.7 Å². The smallest absolute Gasteiger partial charge is 0.436 e. The van der Waals surface area contributed by atoms with Gasteiger partial charge in [-0.05, 0) is 36.1 Å². The number of carbonyl (C=O) groups is 1. The maximum Gasteiger partial charge on any atom is 0.449 e. The molecule has 0 aliphatic carbocycles. The first-order valence-corrected chi connectivity index (χ1v) is 10.4. The minimum atomic E-state index is -4.24. The minimum Gasteiger partial charge on any atom is -0.436 e. The third kappa shape index (κ3) is 5.67. The zero-order chi connectivity index (χ0) is 19.5. The highest BCUT2D eigenvalue weighted by molar-refractivity contribution is 9.10. The Morgan fingerprint density at radius 2 is 1.73 bits per heavy atom. The highest BCUT2D eigenvalue weighted by atomic mass is 79.9. The lowest BCUT2D eigenvalue weighted by atomic mass is 9.79. The molecule has 1 aliphatic heterocycles. The van der Waals surface area contributed by atoms with E-state index in [-0.39, 0.29) is 30.1 Å². The molecule has 0 saturated carbocycles. The molecule has 0 aromatic heterocycles. The summed E-state index contributed by atoms with van der Waals surface area (Å²) in [4.78, 5) is 11.2. The van der Waals surface area contributed by atoms with Crippen molar-refractivity contribution in [2.45, 2.75) is 40.1 Å². The first-order chi connectivity index (χ1) is 12.1. The van der Waals surface area contributed by atoms with E-state index >= 15 is 0 Å². The zero-order valence-corrected chi connectivity index (χ0v) is 17.4. The monoisotopic (exact) mass is 450 g/mol. The van der Waals surface area contributed by atoms with E-state index < -0.39 is 28.8 Å². The van der Waals surface area contributed by atoms with E-state index in [0.29, 0.717) is 0 Å². The Morgan fingerprint density at radius 1 is 1.12 bits per heavy atom. The van der Waals surface area contributed by atoms with Crippen LogP contribution < -0.4 is 4.18 Å². The Bertz CT molecular complexity index is 719. The second-order valence-electron chi connectivity index (χ2n) is 6.46. The van der Waals surface area contributed by atoms with Crippen molar-refractivity contribution < 1.29 is 31.1 Å². The van der Waals surface area contributed by atoms with Gasteiger partial charge in [-0.25, -0.2) is 4.18 Å². The van der Waals surface area contributed by atoms with E-state index in [2.05, 4.69) is 15.9 Å². The van der Waals surface area contributed by atoms with Gasteiger partial charge in [0, 0.05) is 17.3 Å². The lowest BCUT2D eigenvalue weighted by molar-refractivity contribution is -0.245. The Hall–Kier alpha value is -1.16. The predicted molar refractivity (Wildman–Crippen MR) is 97.6 cm³/mol. The van der Waals surface area contributed by atoms with Gasteiger partial charge in [-0.2, -0.15) is 8.42 Å². The van der Waals surface area contributed by atoms with E-state index in [1.165, 1.54) is 19.1 Å². The first-order valence-electron chi connectivity index (χ1n) is 8.26. The van der Waals surface area contributed by atoms with Crippen LogP contribution in [0.25, 0.3) is 0 Å². The summed E-state index contributed by atoms with van der Waals surface area (Å²) in [5.41, 5.74) is 0. The van der Waals surface area contributed by atoms with Gasteiger partial charge in [0.2, 0.25) is 6.29 Å². The largest absolute Gasteiger partial charge is 0.449 e. The van der Waals surface area contributed by atoms with Crippen molar-refractivity contribution in [1.29, 1.82) is 0 Å². The molecule has 1 saturated heterocycles. The van der Waals surface area contributed by atoms with Gasteiger partial charge in [-0.15, -0.1) is 0 Å². The second kappa shape index (κ2) is 8.69. The van der Waals surface area contributed by atoms with Crippen molar-refractivity contribution in [3.63, 3.8) is 0 Å². The highest BCUT2D eigenvalue weighted by Gasteiger charge is 2.41. The SMILES string of the molecule is CC(=O)OC1OC(COS(=O)(=O)Oc2ccc(Br)cc2)[C@@H](C)[C@H](C)C1C. The van der Waals surface area contributed by atoms with Crippen LogP contribution in [0.15, 0.2) is 28.7 Å². The summed E-state index contributed by atoms with van der Waals surface area (Å²) >= 11 is 3.26. The molecule has 1 aromatic rings. The number of halogens is 1. The van der Waals surface area contributed by atoms with Crippen LogP contribution in [-0.2, 0) is 28.9 Å². The van der Waals surface area contributed by atoms with Gasteiger partial charge in [0.15, 0.2) is 0 Å². The van der Waals surface area contributed by atoms with Crippen LogP contribution >= 0.6 is 15.9 Å². The maximum absolute atomic E-state index is 12.0. The third-order valence-corrected chi connectivity index (χ3v) is 6.00. The summed E-state index contributed by atoms with van der Waals surface area (Å²) in [6.07, 6.45) is -1.28. The van der Waals surface area contributed by atoms with Crippen molar-refractivity contribution >= 4 is 32.3 Å². The normalized spacial score (nSPS) is 29.2. The molecular weight excluding hydrogens is 428 g/mol. The lowest BCUT2D eigenvalue weighted by Gasteiger charge is -2.42. The average molecular weight is 451 g/mol. The molecule has 1 aromatic carbocycles. The molecule has 1 fully saturated rings. The topological polar surface area (TPSA) is 88.1 Å². The second-order valence-corrected chi connectivity index (χ2v) is 8.59. The number of carbonyl (C=O) groups excluding carboxylic acids is 1. The van der Waals surface area contributed by atoms with Crippen LogP contribution in [0.4, 0.5) is 0 Å². The van der Waals surface area contributed by atoms with Gasteiger partial charge in [0.05, 0.1) is 12.7 Å². The van der Waals surface area contributed by atoms with Gasteiger partial charge in [-0.3, -0.25) is 4.79 Å². The Balaban J connectivity index is 1.99. The fourth-order valence-electron chi connectivity index (χ4n) is 2.76. The van der Waals surface area contributed by atoms with Crippen LogP contribution in [0, 0.1) is 17.8 Å². The molecule has 5 atom stereocenters. The number of hydrogen-bond acceptors (Lipinski definition) is 7. The molecule has 7 nitrogen and oxygen atoms in total. The lowest BCUT2D eigenvalue weighted by Crippen LogP contribution is -2.48. The molecule has 9 heteroatoms. The van der Waals surface area contributed by atoms with Gasteiger partial charge < -0.3 is 13.7 Å². The van der Waals surface area contributed by atoms with E-state index in [9.17, 15) is 13.2 Å². The van der Waals surface area contributed by atoms with Crippen molar-refractivity contribution in [2.24, 2.45) is 17.8 Å². The number of ether oxygens (including phenoxy) is 2. The molecule has 0 bridgehead atoms. The average Bonchev–Trinajstić information content (AvgIpc) is 2.56. The summed E-state index contributed by atoms with van der Waals surface area (Å²) in [7, 11) is -4.24. The van der Waals surface area contributed by atoms with Gasteiger partial charge in [0.25, 0.3) is 0 Å². The molecule has 146 valence electrons. The Morgan fingerprint density at radius 3 is 2.31 bits per heavy atom. The Labute approximate surface area is 162 Å². The number of esters is 1. The summed E-state index contributed by atoms with van der Waals surface area (Å²) in [6, 6.07) is 6.32. The van der Waals surface area contributed by atoms with Gasteiger partial charge in [0.1, 0.15) is 5.75 Å². The molecular formula is C17H23BrO7S. The molecule has 1 heterocycles. The number of rotatable bonds is 6. The van der Waals surface area contributed by atoms with E-state index in [1.807, 2.05) is 20.8 Å². The molecule has 26 heavy (non-hydrogen) atoms. The van der Waals surface area contributed by atoms with Crippen molar-refractivity contribution in [3.05, 3.63) is 28.7 Å². The molecule has 1 aliphatic rings. The van der Waals surface area contributed by atoms with E-state index in [1.54, 1.807) is 12.1 Å². The standard InChI is InChI=1S/C17H23BrO7S/c1-10-11(2)16(24-17(12(10)3)23-13(4)19)9-22-26(20,21)25-15-7-5-14(18)6-8-15/h5-8,10-12,16-17H,9H2,1-4H3/t10-,11-,12?,16?,17?/m0/s1. The molecule has 0 spiro atoms.